The van der Waals surface area contributed by atoms with Crippen LogP contribution >= 0.6 is 0 Å². The van der Waals surface area contributed by atoms with Crippen LogP contribution in [-0.2, 0) is 9.84 Å². The fraction of sp³-hybridized carbons (Fsp3) is 0.412. The highest BCUT2D eigenvalue weighted by Gasteiger charge is 2.31. The third-order valence-electron chi connectivity index (χ3n) is 4.40. The zero-order valence-corrected chi connectivity index (χ0v) is 13.1. The van der Waals surface area contributed by atoms with Gasteiger partial charge in [-0.3, -0.25) is 0 Å². The molecule has 2 aromatic rings. The van der Waals surface area contributed by atoms with E-state index >= 15 is 0 Å². The fourth-order valence-electron chi connectivity index (χ4n) is 3.13. The van der Waals surface area contributed by atoms with Crippen molar-refractivity contribution in [3.05, 3.63) is 48.0 Å². The lowest BCUT2D eigenvalue weighted by atomic mass is 9.99. The number of rotatable bonds is 4. The monoisotopic (exact) mass is 303 g/mol. The van der Waals surface area contributed by atoms with Crippen LogP contribution in [0.3, 0.4) is 0 Å². The molecule has 112 valence electrons. The molecule has 1 N–H and O–H groups in total. The minimum atomic E-state index is -2.87. The van der Waals surface area contributed by atoms with Crippen molar-refractivity contribution < 1.29 is 8.42 Å². The Bertz CT molecular complexity index is 734. The van der Waals surface area contributed by atoms with Crippen molar-refractivity contribution in [2.75, 3.05) is 12.3 Å². The molecule has 4 heteroatoms. The Morgan fingerprint density at radius 2 is 1.95 bits per heavy atom. The number of hydrogen-bond acceptors (Lipinski definition) is 3. The summed E-state index contributed by atoms with van der Waals surface area (Å²) in [5.74, 6) is 0.349. The van der Waals surface area contributed by atoms with E-state index in [1.165, 1.54) is 16.3 Å². The van der Waals surface area contributed by atoms with Crippen molar-refractivity contribution in [1.82, 2.24) is 5.32 Å². The Morgan fingerprint density at radius 1 is 1.19 bits per heavy atom. The normalized spacial score (nSPS) is 22.4. The van der Waals surface area contributed by atoms with Crippen LogP contribution in [0, 0.1) is 0 Å². The molecule has 0 aromatic heterocycles. The molecule has 1 fully saturated rings. The van der Waals surface area contributed by atoms with Crippen molar-refractivity contribution in [2.45, 2.75) is 31.1 Å². The van der Waals surface area contributed by atoms with Crippen LogP contribution in [0.1, 0.15) is 31.4 Å². The number of fused-ring (bicyclic) bond motifs is 1. The van der Waals surface area contributed by atoms with Gasteiger partial charge in [0.1, 0.15) is 0 Å². The lowest BCUT2D eigenvalue weighted by Crippen LogP contribution is -2.32. The Hall–Kier alpha value is -1.39. The van der Waals surface area contributed by atoms with E-state index in [0.717, 1.165) is 12.8 Å². The molecular weight excluding hydrogens is 282 g/mol. The van der Waals surface area contributed by atoms with Gasteiger partial charge < -0.3 is 5.32 Å². The highest BCUT2D eigenvalue weighted by molar-refractivity contribution is 7.92. The first kappa shape index (κ1) is 14.5. The lowest BCUT2D eigenvalue weighted by Gasteiger charge is -2.19. The van der Waals surface area contributed by atoms with Gasteiger partial charge in [0.2, 0.25) is 0 Å². The van der Waals surface area contributed by atoms with Gasteiger partial charge in [-0.15, -0.1) is 0 Å². The quantitative estimate of drug-likeness (QED) is 0.944. The number of sulfone groups is 1. The van der Waals surface area contributed by atoms with Crippen LogP contribution in [0.15, 0.2) is 42.5 Å². The number of hydrogen-bond donors (Lipinski definition) is 1. The van der Waals surface area contributed by atoms with Crippen LogP contribution in [-0.4, -0.2) is 26.0 Å². The van der Waals surface area contributed by atoms with Gasteiger partial charge in [-0.25, -0.2) is 8.42 Å². The maximum atomic E-state index is 11.9. The maximum absolute atomic E-state index is 11.9. The van der Waals surface area contributed by atoms with Crippen molar-refractivity contribution in [3.8, 4) is 0 Å². The molecule has 1 aliphatic heterocycles. The summed E-state index contributed by atoms with van der Waals surface area (Å²) in [4.78, 5) is 0. The first-order chi connectivity index (χ1) is 10.1. The van der Waals surface area contributed by atoms with E-state index in [1.807, 2.05) is 12.1 Å². The minimum absolute atomic E-state index is 0.145. The molecule has 3 rings (SSSR count). The SMILES string of the molecule is CC(NCC1CCCS1(=O)=O)c1cccc2ccccc12. The average molecular weight is 303 g/mol. The number of nitrogens with one attached hydrogen (secondary N) is 1. The standard InChI is InChI=1S/C17H21NO2S/c1-13(18-12-15-8-5-11-21(15,19)20)16-10-4-7-14-6-2-3-9-17(14)16/h2-4,6-7,9-10,13,15,18H,5,8,11-12H2,1H3. The second-order valence-electron chi connectivity index (χ2n) is 5.83. The Kier molecular flexibility index (Phi) is 4.00. The first-order valence-corrected chi connectivity index (χ1v) is 9.22. The van der Waals surface area contributed by atoms with Gasteiger partial charge in [0.15, 0.2) is 9.84 Å². The topological polar surface area (TPSA) is 46.2 Å². The summed E-state index contributed by atoms with van der Waals surface area (Å²) < 4.78 is 23.8. The molecular formula is C17H21NO2S. The van der Waals surface area contributed by atoms with Crippen LogP contribution in [0.25, 0.3) is 10.8 Å². The molecule has 0 saturated carbocycles. The van der Waals surface area contributed by atoms with Gasteiger partial charge in [-0.05, 0) is 36.1 Å². The van der Waals surface area contributed by atoms with Crippen molar-refractivity contribution in [3.63, 3.8) is 0 Å². The predicted molar refractivity (Wildman–Crippen MR) is 87.2 cm³/mol. The predicted octanol–water partition coefficient (Wildman–Crippen LogP) is 3.07. The molecule has 1 saturated heterocycles. The van der Waals surface area contributed by atoms with Crippen LogP contribution in [0.5, 0.6) is 0 Å². The van der Waals surface area contributed by atoms with Gasteiger partial charge in [-0.1, -0.05) is 42.5 Å². The van der Waals surface area contributed by atoms with Gasteiger partial charge in [0, 0.05) is 12.6 Å². The van der Waals surface area contributed by atoms with Crippen LogP contribution < -0.4 is 5.32 Å². The van der Waals surface area contributed by atoms with Crippen molar-refractivity contribution in [1.29, 1.82) is 0 Å². The van der Waals surface area contributed by atoms with Gasteiger partial charge >= 0.3 is 0 Å². The van der Waals surface area contributed by atoms with Gasteiger partial charge in [-0.2, -0.15) is 0 Å². The molecule has 1 heterocycles. The largest absolute Gasteiger partial charge is 0.309 e. The molecule has 0 aliphatic carbocycles. The van der Waals surface area contributed by atoms with E-state index in [0.29, 0.717) is 12.3 Å². The fourth-order valence-corrected chi connectivity index (χ4v) is 4.91. The van der Waals surface area contributed by atoms with Crippen molar-refractivity contribution in [2.24, 2.45) is 0 Å². The zero-order chi connectivity index (χ0) is 14.9. The van der Waals surface area contributed by atoms with Gasteiger partial charge in [0.05, 0.1) is 11.0 Å². The summed E-state index contributed by atoms with van der Waals surface area (Å²) >= 11 is 0. The van der Waals surface area contributed by atoms with Crippen LogP contribution in [0.4, 0.5) is 0 Å². The molecule has 3 nitrogen and oxygen atoms in total. The summed E-state index contributed by atoms with van der Waals surface area (Å²) in [7, 11) is -2.87. The molecule has 2 atom stereocenters. The van der Waals surface area contributed by atoms with Crippen LogP contribution in [0.2, 0.25) is 0 Å². The summed E-state index contributed by atoms with van der Waals surface area (Å²) in [5, 5.41) is 5.65. The highest BCUT2D eigenvalue weighted by Crippen LogP contribution is 2.25. The highest BCUT2D eigenvalue weighted by atomic mass is 32.2. The lowest BCUT2D eigenvalue weighted by molar-refractivity contribution is 0.540. The van der Waals surface area contributed by atoms with Gasteiger partial charge in [0.25, 0.3) is 0 Å². The van der Waals surface area contributed by atoms with E-state index in [9.17, 15) is 8.42 Å². The minimum Gasteiger partial charge on any atom is -0.309 e. The molecule has 1 aliphatic rings. The summed E-state index contributed by atoms with van der Waals surface area (Å²) in [6.07, 6.45) is 1.59. The van der Waals surface area contributed by atoms with E-state index in [2.05, 4.69) is 42.6 Å². The van der Waals surface area contributed by atoms with E-state index in [-0.39, 0.29) is 11.3 Å². The third kappa shape index (κ3) is 2.97. The van der Waals surface area contributed by atoms with E-state index in [4.69, 9.17) is 0 Å². The maximum Gasteiger partial charge on any atom is 0.154 e. The molecule has 2 unspecified atom stereocenters. The van der Waals surface area contributed by atoms with E-state index in [1.54, 1.807) is 0 Å². The first-order valence-electron chi connectivity index (χ1n) is 7.50. The Morgan fingerprint density at radius 3 is 2.71 bits per heavy atom. The second-order valence-corrected chi connectivity index (χ2v) is 8.23. The molecule has 0 radical (unpaired) electrons. The van der Waals surface area contributed by atoms with E-state index < -0.39 is 9.84 Å². The number of benzene rings is 2. The molecule has 0 spiro atoms. The third-order valence-corrected chi connectivity index (χ3v) is 6.68. The molecule has 0 amide bonds. The molecule has 21 heavy (non-hydrogen) atoms. The zero-order valence-electron chi connectivity index (χ0n) is 12.2. The Labute approximate surface area is 126 Å². The smallest absolute Gasteiger partial charge is 0.154 e. The molecule has 0 bridgehead atoms. The summed E-state index contributed by atoms with van der Waals surface area (Å²) in [6, 6.07) is 14.7. The Balaban J connectivity index is 1.77. The van der Waals surface area contributed by atoms with Crippen molar-refractivity contribution >= 4 is 20.6 Å². The summed E-state index contributed by atoms with van der Waals surface area (Å²) in [6.45, 7) is 2.65. The average Bonchev–Trinajstić information content (AvgIpc) is 2.83. The summed E-state index contributed by atoms with van der Waals surface area (Å²) in [5.41, 5.74) is 1.23. The second kappa shape index (κ2) is 5.78. The molecule has 2 aromatic carbocycles.